The lowest BCUT2D eigenvalue weighted by Gasteiger charge is -2.12. The predicted molar refractivity (Wildman–Crippen MR) is 195 cm³/mol. The van der Waals surface area contributed by atoms with Gasteiger partial charge in [-0.15, -0.1) is 11.3 Å². The second kappa shape index (κ2) is 9.83. The van der Waals surface area contributed by atoms with E-state index in [9.17, 15) is 0 Å². The van der Waals surface area contributed by atoms with Crippen LogP contribution < -0.4 is 0 Å². The third-order valence-corrected chi connectivity index (χ3v) is 10.4. The Bertz CT molecular complexity index is 2810. The summed E-state index contributed by atoms with van der Waals surface area (Å²) in [7, 11) is 0. The number of nitrogens with zero attached hydrogens (tertiary/aromatic N) is 3. The standard InChI is InChI=1S/C42H25N3S/c1-2-11-29-26(10-1)22-25-37-39(29)33-14-4-7-18-36(33)45(37)28-23-20-27(21-24-28)42-43-35-17-6-3-13-32(35)40(44-42)34-16-9-15-31-30-12-5-8-19-38(30)46-41(31)34/h1-25H. The average Bonchev–Trinajstić information content (AvgIpc) is 3.67. The van der Waals surface area contributed by atoms with E-state index in [4.69, 9.17) is 9.97 Å². The van der Waals surface area contributed by atoms with Gasteiger partial charge in [-0.25, -0.2) is 9.97 Å². The monoisotopic (exact) mass is 603 g/mol. The number of hydrogen-bond acceptors (Lipinski definition) is 3. The number of para-hydroxylation sites is 2. The first kappa shape index (κ1) is 25.5. The van der Waals surface area contributed by atoms with Gasteiger partial charge >= 0.3 is 0 Å². The summed E-state index contributed by atoms with van der Waals surface area (Å²) in [5.41, 5.74) is 7.56. The fourth-order valence-corrected chi connectivity index (χ4v) is 8.34. The zero-order valence-electron chi connectivity index (χ0n) is 24.7. The molecule has 0 spiro atoms. The fraction of sp³-hybridized carbons (Fsp3) is 0. The van der Waals surface area contributed by atoms with Gasteiger partial charge in [-0.3, -0.25) is 0 Å². The number of fused-ring (bicyclic) bond motifs is 9. The summed E-state index contributed by atoms with van der Waals surface area (Å²) in [6.45, 7) is 0. The van der Waals surface area contributed by atoms with Gasteiger partial charge in [0.15, 0.2) is 5.82 Å². The van der Waals surface area contributed by atoms with Crippen molar-refractivity contribution in [3.05, 3.63) is 152 Å². The van der Waals surface area contributed by atoms with E-state index in [2.05, 4.69) is 156 Å². The highest BCUT2D eigenvalue weighted by molar-refractivity contribution is 7.26. The lowest BCUT2D eigenvalue weighted by Crippen LogP contribution is -1.97. The fourth-order valence-electron chi connectivity index (χ4n) is 7.12. The molecule has 0 aliphatic rings. The molecule has 0 amide bonds. The van der Waals surface area contributed by atoms with Gasteiger partial charge in [0.05, 0.1) is 22.2 Å². The Hall–Kier alpha value is -5.84. The Labute approximate surface area is 268 Å². The van der Waals surface area contributed by atoms with Crippen LogP contribution in [-0.2, 0) is 0 Å². The highest BCUT2D eigenvalue weighted by Crippen LogP contribution is 2.42. The molecule has 0 aliphatic heterocycles. The minimum atomic E-state index is 0.728. The minimum Gasteiger partial charge on any atom is -0.309 e. The SMILES string of the molecule is c1ccc2c(c1)ccc1c2c2ccccc2n1-c1ccc(-c2nc(-c3cccc4c3sc3ccccc34)c3ccccc3n2)cc1. The lowest BCUT2D eigenvalue weighted by molar-refractivity contribution is 1.17. The van der Waals surface area contributed by atoms with Gasteiger partial charge in [-0.1, -0.05) is 103 Å². The van der Waals surface area contributed by atoms with Crippen LogP contribution >= 0.6 is 11.3 Å². The van der Waals surface area contributed by atoms with Crippen LogP contribution in [0, 0.1) is 0 Å². The zero-order chi connectivity index (χ0) is 30.2. The highest BCUT2D eigenvalue weighted by atomic mass is 32.1. The predicted octanol–water partition coefficient (Wildman–Crippen LogP) is 11.6. The van der Waals surface area contributed by atoms with E-state index in [-0.39, 0.29) is 0 Å². The second-order valence-electron chi connectivity index (χ2n) is 11.8. The van der Waals surface area contributed by atoms with Crippen molar-refractivity contribution in [3.63, 3.8) is 0 Å². The van der Waals surface area contributed by atoms with Crippen molar-refractivity contribution in [2.45, 2.75) is 0 Å². The summed E-state index contributed by atoms with van der Waals surface area (Å²) in [5.74, 6) is 0.728. The van der Waals surface area contributed by atoms with E-state index in [0.29, 0.717) is 0 Å². The maximum absolute atomic E-state index is 5.28. The Balaban J connectivity index is 1.15. The van der Waals surface area contributed by atoms with Crippen LogP contribution in [-0.4, -0.2) is 14.5 Å². The molecule has 3 nitrogen and oxygen atoms in total. The summed E-state index contributed by atoms with van der Waals surface area (Å²) in [6.07, 6.45) is 0. The molecule has 0 N–H and O–H groups in total. The lowest BCUT2D eigenvalue weighted by atomic mass is 10.0. The van der Waals surface area contributed by atoms with E-state index in [1.165, 1.54) is 52.8 Å². The van der Waals surface area contributed by atoms with Gasteiger partial charge in [0, 0.05) is 53.1 Å². The zero-order valence-corrected chi connectivity index (χ0v) is 25.5. The van der Waals surface area contributed by atoms with E-state index >= 15 is 0 Å². The molecule has 0 saturated heterocycles. The van der Waals surface area contributed by atoms with Crippen LogP contribution in [0.15, 0.2) is 152 Å². The number of thiophene rings is 1. The topological polar surface area (TPSA) is 30.7 Å². The molecule has 0 radical (unpaired) electrons. The highest BCUT2D eigenvalue weighted by Gasteiger charge is 2.18. The largest absolute Gasteiger partial charge is 0.309 e. The Morgan fingerprint density at radius 3 is 2.09 bits per heavy atom. The first-order chi connectivity index (χ1) is 22.8. The molecule has 0 bridgehead atoms. The molecular formula is C42H25N3S. The van der Waals surface area contributed by atoms with Gasteiger partial charge in [-0.2, -0.15) is 0 Å². The molecule has 0 aliphatic carbocycles. The van der Waals surface area contributed by atoms with Crippen molar-refractivity contribution in [2.24, 2.45) is 0 Å². The van der Waals surface area contributed by atoms with Gasteiger partial charge in [0.1, 0.15) is 0 Å². The number of rotatable bonds is 3. The molecule has 46 heavy (non-hydrogen) atoms. The van der Waals surface area contributed by atoms with Crippen LogP contribution in [0.1, 0.15) is 0 Å². The summed E-state index contributed by atoms with van der Waals surface area (Å²) < 4.78 is 4.92. The molecule has 7 aromatic carbocycles. The minimum absolute atomic E-state index is 0.728. The molecule has 0 unspecified atom stereocenters. The van der Waals surface area contributed by atoms with Gasteiger partial charge in [0.2, 0.25) is 0 Å². The van der Waals surface area contributed by atoms with Crippen LogP contribution in [0.5, 0.6) is 0 Å². The maximum atomic E-state index is 5.28. The normalized spacial score (nSPS) is 11.9. The Kier molecular flexibility index (Phi) is 5.45. The molecule has 214 valence electrons. The van der Waals surface area contributed by atoms with Crippen molar-refractivity contribution in [1.82, 2.24) is 14.5 Å². The van der Waals surface area contributed by atoms with Crippen molar-refractivity contribution < 1.29 is 0 Å². The smallest absolute Gasteiger partial charge is 0.160 e. The number of hydrogen-bond donors (Lipinski definition) is 0. The Morgan fingerprint density at radius 2 is 1.20 bits per heavy atom. The third kappa shape index (κ3) is 3.71. The van der Waals surface area contributed by atoms with Crippen LogP contribution in [0.25, 0.3) is 92.0 Å². The second-order valence-corrected chi connectivity index (χ2v) is 12.8. The molecule has 4 heteroatoms. The molecule has 0 saturated carbocycles. The first-order valence-corrected chi connectivity index (χ1v) is 16.3. The number of aromatic nitrogens is 3. The maximum Gasteiger partial charge on any atom is 0.160 e. The van der Waals surface area contributed by atoms with Crippen molar-refractivity contribution in [2.75, 3.05) is 0 Å². The molecule has 0 fully saturated rings. The van der Waals surface area contributed by atoms with Crippen LogP contribution in [0.2, 0.25) is 0 Å². The molecule has 3 heterocycles. The van der Waals surface area contributed by atoms with E-state index < -0.39 is 0 Å². The number of benzene rings is 7. The first-order valence-electron chi connectivity index (χ1n) is 15.5. The van der Waals surface area contributed by atoms with Crippen molar-refractivity contribution in [3.8, 4) is 28.3 Å². The summed E-state index contributed by atoms with van der Waals surface area (Å²) >= 11 is 1.83. The van der Waals surface area contributed by atoms with Crippen molar-refractivity contribution >= 4 is 75.0 Å². The average molecular weight is 604 g/mol. The molecule has 10 rings (SSSR count). The van der Waals surface area contributed by atoms with E-state index in [1.54, 1.807) is 0 Å². The quantitative estimate of drug-likeness (QED) is 0.201. The van der Waals surface area contributed by atoms with E-state index in [1.807, 2.05) is 11.3 Å². The molecular weight excluding hydrogens is 579 g/mol. The molecule has 0 atom stereocenters. The molecule has 3 aromatic heterocycles. The summed E-state index contributed by atoms with van der Waals surface area (Å²) in [6, 6.07) is 54.1. The van der Waals surface area contributed by atoms with Gasteiger partial charge in [-0.05, 0) is 59.3 Å². The summed E-state index contributed by atoms with van der Waals surface area (Å²) in [4.78, 5) is 10.3. The van der Waals surface area contributed by atoms with Gasteiger partial charge < -0.3 is 4.57 Å². The summed E-state index contributed by atoms with van der Waals surface area (Å²) in [5, 5.41) is 8.70. The molecule has 10 aromatic rings. The van der Waals surface area contributed by atoms with Crippen LogP contribution in [0.3, 0.4) is 0 Å². The Morgan fingerprint density at radius 1 is 0.478 bits per heavy atom. The van der Waals surface area contributed by atoms with Gasteiger partial charge in [0.25, 0.3) is 0 Å². The van der Waals surface area contributed by atoms with Crippen molar-refractivity contribution in [1.29, 1.82) is 0 Å². The van der Waals surface area contributed by atoms with E-state index in [0.717, 1.165) is 39.2 Å². The van der Waals surface area contributed by atoms with Crippen LogP contribution in [0.4, 0.5) is 0 Å². The third-order valence-electron chi connectivity index (χ3n) is 9.21.